The lowest BCUT2D eigenvalue weighted by Crippen LogP contribution is -2.44. The third-order valence-electron chi connectivity index (χ3n) is 3.60. The summed E-state index contributed by atoms with van der Waals surface area (Å²) in [5, 5.41) is 14.2. The minimum Gasteiger partial charge on any atom is -0.388 e. The smallest absolute Gasteiger partial charge is 0.263 e. The molecule has 2 rings (SSSR count). The maximum atomic E-state index is 12.0. The summed E-state index contributed by atoms with van der Waals surface area (Å²) in [5.74, 6) is 0.220. The van der Waals surface area contributed by atoms with Crippen molar-refractivity contribution in [3.05, 3.63) is 16.1 Å². The van der Waals surface area contributed by atoms with Crippen LogP contribution in [0.25, 0.3) is 0 Å². The molecule has 0 spiro atoms. The summed E-state index contributed by atoms with van der Waals surface area (Å²) in [6.07, 6.45) is 6.47. The van der Waals surface area contributed by atoms with Crippen molar-refractivity contribution in [2.45, 2.75) is 57.5 Å². The zero-order valence-electron chi connectivity index (χ0n) is 11.6. The summed E-state index contributed by atoms with van der Waals surface area (Å²) in [7, 11) is 0. The van der Waals surface area contributed by atoms with Crippen molar-refractivity contribution in [3.8, 4) is 0 Å². The number of nitrogens with one attached hydrogen (secondary N) is 1. The van der Waals surface area contributed by atoms with Crippen LogP contribution in [0, 0.1) is 0 Å². The molecule has 1 heterocycles. The Morgan fingerprint density at radius 2 is 2.16 bits per heavy atom. The van der Waals surface area contributed by atoms with Crippen LogP contribution >= 0.6 is 11.3 Å². The van der Waals surface area contributed by atoms with Crippen molar-refractivity contribution in [1.29, 1.82) is 0 Å². The second-order valence-corrected chi connectivity index (χ2v) is 6.75. The van der Waals surface area contributed by atoms with Crippen LogP contribution in [0.5, 0.6) is 0 Å². The van der Waals surface area contributed by atoms with Crippen LogP contribution in [-0.4, -0.2) is 28.1 Å². The molecule has 2 N–H and O–H groups in total. The van der Waals surface area contributed by atoms with Crippen LogP contribution in [0.15, 0.2) is 6.20 Å². The Balaban J connectivity index is 1.89. The molecule has 1 fully saturated rings. The van der Waals surface area contributed by atoms with E-state index >= 15 is 0 Å². The molecule has 0 aromatic carbocycles. The van der Waals surface area contributed by atoms with Crippen LogP contribution in [0.3, 0.4) is 0 Å². The fourth-order valence-corrected chi connectivity index (χ4v) is 3.21. The number of rotatable bonds is 4. The van der Waals surface area contributed by atoms with Gasteiger partial charge in [0.15, 0.2) is 0 Å². The predicted octanol–water partition coefficient (Wildman–Crippen LogP) is 2.69. The monoisotopic (exact) mass is 282 g/mol. The van der Waals surface area contributed by atoms with Gasteiger partial charge in [0.25, 0.3) is 5.91 Å². The van der Waals surface area contributed by atoms with Crippen molar-refractivity contribution < 1.29 is 9.90 Å². The van der Waals surface area contributed by atoms with E-state index in [9.17, 15) is 9.90 Å². The minimum atomic E-state index is -0.709. The quantitative estimate of drug-likeness (QED) is 0.892. The number of hydrogen-bond acceptors (Lipinski definition) is 4. The Morgan fingerprint density at radius 3 is 2.74 bits per heavy atom. The lowest BCUT2D eigenvalue weighted by atomic mass is 9.85. The van der Waals surface area contributed by atoms with Gasteiger partial charge >= 0.3 is 0 Å². The van der Waals surface area contributed by atoms with E-state index in [2.05, 4.69) is 24.1 Å². The van der Waals surface area contributed by atoms with Gasteiger partial charge in [0.1, 0.15) is 4.88 Å². The first-order chi connectivity index (χ1) is 9.00. The first-order valence-corrected chi connectivity index (χ1v) is 7.78. The molecule has 5 heteroatoms. The van der Waals surface area contributed by atoms with E-state index in [1.165, 1.54) is 17.8 Å². The molecule has 106 valence electrons. The van der Waals surface area contributed by atoms with Crippen molar-refractivity contribution in [1.82, 2.24) is 10.3 Å². The lowest BCUT2D eigenvalue weighted by molar-refractivity contribution is 0.00529. The van der Waals surface area contributed by atoms with Gasteiger partial charge in [-0.25, -0.2) is 4.98 Å². The Morgan fingerprint density at radius 1 is 1.47 bits per heavy atom. The summed E-state index contributed by atoms with van der Waals surface area (Å²) in [5.41, 5.74) is -0.709. The highest BCUT2D eigenvalue weighted by Gasteiger charge is 2.29. The van der Waals surface area contributed by atoms with Crippen LogP contribution in [0.4, 0.5) is 0 Å². The molecular weight excluding hydrogens is 260 g/mol. The highest BCUT2D eigenvalue weighted by Crippen LogP contribution is 2.27. The number of nitrogens with zero attached hydrogens (tertiary/aromatic N) is 1. The maximum Gasteiger partial charge on any atom is 0.263 e. The first kappa shape index (κ1) is 14.5. The van der Waals surface area contributed by atoms with Crippen LogP contribution in [0.1, 0.15) is 66.5 Å². The molecule has 0 aliphatic heterocycles. The van der Waals surface area contributed by atoms with Crippen molar-refractivity contribution in [2.24, 2.45) is 0 Å². The summed E-state index contributed by atoms with van der Waals surface area (Å²) in [4.78, 5) is 16.9. The Labute approximate surface area is 118 Å². The number of amides is 1. The first-order valence-electron chi connectivity index (χ1n) is 6.96. The van der Waals surface area contributed by atoms with Gasteiger partial charge in [0.05, 0.1) is 16.8 Å². The lowest BCUT2D eigenvalue weighted by Gasteiger charge is -2.31. The van der Waals surface area contributed by atoms with Crippen LogP contribution in [-0.2, 0) is 0 Å². The summed E-state index contributed by atoms with van der Waals surface area (Å²) >= 11 is 1.43. The number of thiazole rings is 1. The molecule has 19 heavy (non-hydrogen) atoms. The van der Waals surface area contributed by atoms with Crippen molar-refractivity contribution in [2.75, 3.05) is 6.54 Å². The molecule has 4 nitrogen and oxygen atoms in total. The number of aromatic nitrogens is 1. The fraction of sp³-hybridized carbons (Fsp3) is 0.714. The second-order valence-electron chi connectivity index (χ2n) is 5.69. The van der Waals surface area contributed by atoms with E-state index in [0.29, 0.717) is 17.3 Å². The molecule has 0 radical (unpaired) electrons. The van der Waals surface area contributed by atoms with Gasteiger partial charge in [-0.15, -0.1) is 11.3 Å². The molecule has 1 saturated carbocycles. The second kappa shape index (κ2) is 6.01. The Hall–Kier alpha value is -0.940. The topological polar surface area (TPSA) is 62.2 Å². The molecule has 0 atom stereocenters. The highest BCUT2D eigenvalue weighted by molar-refractivity contribution is 7.13. The van der Waals surface area contributed by atoms with Crippen molar-refractivity contribution >= 4 is 17.2 Å². The minimum absolute atomic E-state index is 0.122. The van der Waals surface area contributed by atoms with E-state index in [4.69, 9.17) is 0 Å². The van der Waals surface area contributed by atoms with Crippen molar-refractivity contribution in [3.63, 3.8) is 0 Å². The third kappa shape index (κ3) is 3.76. The van der Waals surface area contributed by atoms with Gasteiger partial charge in [0, 0.05) is 12.5 Å². The summed E-state index contributed by atoms with van der Waals surface area (Å²) in [6, 6.07) is 0. The van der Waals surface area contributed by atoms with Gasteiger partial charge in [-0.05, 0) is 12.8 Å². The number of carbonyl (C=O) groups is 1. The molecule has 1 aliphatic rings. The van der Waals surface area contributed by atoms with E-state index in [1.54, 1.807) is 6.20 Å². The number of aliphatic hydroxyl groups is 1. The Bertz CT molecular complexity index is 436. The molecule has 0 unspecified atom stereocenters. The van der Waals surface area contributed by atoms with Gasteiger partial charge in [-0.2, -0.15) is 0 Å². The summed E-state index contributed by atoms with van der Waals surface area (Å²) in [6.45, 7) is 4.47. The Kier molecular flexibility index (Phi) is 4.58. The molecule has 1 aromatic rings. The van der Waals surface area contributed by atoms with Gasteiger partial charge in [-0.3, -0.25) is 4.79 Å². The molecular formula is C14H22N2O2S. The summed E-state index contributed by atoms with van der Waals surface area (Å²) < 4.78 is 0. The van der Waals surface area contributed by atoms with E-state index in [-0.39, 0.29) is 5.91 Å². The van der Waals surface area contributed by atoms with Gasteiger partial charge < -0.3 is 10.4 Å². The van der Waals surface area contributed by atoms with E-state index < -0.39 is 5.60 Å². The molecule has 0 bridgehead atoms. The van der Waals surface area contributed by atoms with Crippen LogP contribution in [0.2, 0.25) is 0 Å². The van der Waals surface area contributed by atoms with Gasteiger partial charge in [0.2, 0.25) is 0 Å². The molecule has 0 saturated heterocycles. The van der Waals surface area contributed by atoms with Gasteiger partial charge in [-0.1, -0.05) is 33.1 Å². The third-order valence-corrected chi connectivity index (χ3v) is 4.90. The average Bonchev–Trinajstić information content (AvgIpc) is 2.87. The van der Waals surface area contributed by atoms with E-state index in [0.717, 1.165) is 30.7 Å². The van der Waals surface area contributed by atoms with Crippen LogP contribution < -0.4 is 5.32 Å². The molecule has 1 aliphatic carbocycles. The number of carbonyl (C=O) groups excluding carboxylic acids is 1. The molecule has 1 amide bonds. The zero-order valence-corrected chi connectivity index (χ0v) is 12.4. The predicted molar refractivity (Wildman–Crippen MR) is 76.6 cm³/mol. The normalized spacial score (nSPS) is 18.5. The standard InChI is InChI=1S/C14H22N2O2S/c1-10(2)13-15-8-11(19-13)12(17)16-9-14(18)6-4-3-5-7-14/h8,10,18H,3-7,9H2,1-2H3,(H,16,17). The zero-order chi connectivity index (χ0) is 13.9. The highest BCUT2D eigenvalue weighted by atomic mass is 32.1. The SMILES string of the molecule is CC(C)c1ncc(C(=O)NCC2(O)CCCCC2)s1. The largest absolute Gasteiger partial charge is 0.388 e. The fourth-order valence-electron chi connectivity index (χ4n) is 2.38. The average molecular weight is 282 g/mol. The van der Waals surface area contributed by atoms with E-state index in [1.807, 2.05) is 0 Å². The molecule has 1 aromatic heterocycles. The number of hydrogen-bond donors (Lipinski definition) is 2. The maximum absolute atomic E-state index is 12.0.